The quantitative estimate of drug-likeness (QED) is 0.670. The number of carbonyl (C=O) groups excluding carboxylic acids is 1. The largest absolute Gasteiger partial charge is 0.294 e. The number of para-hydroxylation sites is 1. The van der Waals surface area contributed by atoms with E-state index < -0.39 is 0 Å². The number of carbonyl (C=O) groups is 1. The Morgan fingerprint density at radius 1 is 1.21 bits per heavy atom. The lowest BCUT2D eigenvalue weighted by atomic mass is 10.1. The lowest BCUT2D eigenvalue weighted by Crippen LogP contribution is -1.99. The first-order valence-electron chi connectivity index (χ1n) is 5.90. The molecule has 1 heterocycles. The van der Waals surface area contributed by atoms with E-state index in [-0.39, 0.29) is 5.78 Å². The zero-order valence-corrected chi connectivity index (χ0v) is 11.9. The number of rotatable bonds is 2. The Morgan fingerprint density at radius 2 is 2.00 bits per heavy atom. The molecule has 0 radical (unpaired) electrons. The summed E-state index contributed by atoms with van der Waals surface area (Å²) in [6.45, 7) is 1.56. The van der Waals surface area contributed by atoms with Crippen LogP contribution in [0.3, 0.4) is 0 Å². The topological polar surface area (TPSA) is 34.9 Å². The fourth-order valence-electron chi connectivity index (χ4n) is 2.10. The van der Waals surface area contributed by atoms with Crippen molar-refractivity contribution in [2.75, 3.05) is 0 Å². The molecule has 4 heteroatoms. The van der Waals surface area contributed by atoms with Gasteiger partial charge in [0, 0.05) is 15.4 Å². The summed E-state index contributed by atoms with van der Waals surface area (Å²) in [5.41, 5.74) is 2.66. The average molecular weight is 315 g/mol. The Balaban J connectivity index is 2.17. The number of hydrogen-bond donors (Lipinski definition) is 0. The van der Waals surface area contributed by atoms with Crippen molar-refractivity contribution in [2.24, 2.45) is 0 Å². The highest BCUT2D eigenvalue weighted by molar-refractivity contribution is 9.10. The van der Waals surface area contributed by atoms with Gasteiger partial charge < -0.3 is 0 Å². The summed E-state index contributed by atoms with van der Waals surface area (Å²) in [6, 6.07) is 13.7. The first-order valence-corrected chi connectivity index (χ1v) is 6.70. The molecular weight excluding hydrogens is 304 g/mol. The van der Waals surface area contributed by atoms with Crippen LogP contribution in [0, 0.1) is 0 Å². The number of fused-ring (bicyclic) bond motifs is 1. The molecule has 19 heavy (non-hydrogen) atoms. The smallest absolute Gasteiger partial charge is 0.160 e. The van der Waals surface area contributed by atoms with Gasteiger partial charge in [0.1, 0.15) is 0 Å². The van der Waals surface area contributed by atoms with Crippen LogP contribution in [0.4, 0.5) is 0 Å². The predicted octanol–water partition coefficient (Wildman–Crippen LogP) is 3.99. The van der Waals surface area contributed by atoms with Crippen LogP contribution in [-0.2, 0) is 0 Å². The Hall–Kier alpha value is -1.94. The van der Waals surface area contributed by atoms with E-state index >= 15 is 0 Å². The Morgan fingerprint density at radius 3 is 2.74 bits per heavy atom. The third-order valence-corrected chi connectivity index (χ3v) is 3.71. The molecule has 2 aromatic carbocycles. The van der Waals surface area contributed by atoms with Gasteiger partial charge in [0.15, 0.2) is 5.78 Å². The van der Waals surface area contributed by atoms with Crippen LogP contribution in [-0.4, -0.2) is 15.6 Å². The molecular formula is C15H11BrN2O. The Labute approximate surface area is 119 Å². The van der Waals surface area contributed by atoms with Crippen LogP contribution in [0.2, 0.25) is 0 Å². The average Bonchev–Trinajstić information content (AvgIpc) is 2.82. The third kappa shape index (κ3) is 2.08. The molecule has 0 aliphatic carbocycles. The van der Waals surface area contributed by atoms with Gasteiger partial charge in [0.25, 0.3) is 0 Å². The van der Waals surface area contributed by atoms with Gasteiger partial charge in [-0.2, -0.15) is 5.10 Å². The molecule has 3 nitrogen and oxygen atoms in total. The van der Waals surface area contributed by atoms with Crippen LogP contribution < -0.4 is 0 Å². The van der Waals surface area contributed by atoms with E-state index in [4.69, 9.17) is 0 Å². The van der Waals surface area contributed by atoms with E-state index in [1.807, 2.05) is 53.3 Å². The molecule has 0 bridgehead atoms. The van der Waals surface area contributed by atoms with Gasteiger partial charge in [-0.25, -0.2) is 4.68 Å². The highest BCUT2D eigenvalue weighted by atomic mass is 79.9. The number of hydrogen-bond acceptors (Lipinski definition) is 2. The Kier molecular flexibility index (Phi) is 2.95. The molecule has 0 aliphatic heterocycles. The molecule has 0 amide bonds. The summed E-state index contributed by atoms with van der Waals surface area (Å²) < 4.78 is 2.65. The number of Topliss-reactive ketones (excluding diaryl/α,β-unsaturated/α-hetero) is 1. The molecule has 0 unspecified atom stereocenters. The summed E-state index contributed by atoms with van der Waals surface area (Å²) in [5.74, 6) is 0.0451. The van der Waals surface area contributed by atoms with Crippen molar-refractivity contribution in [1.29, 1.82) is 0 Å². The summed E-state index contributed by atoms with van der Waals surface area (Å²) in [4.78, 5) is 11.4. The molecule has 0 atom stereocenters. The lowest BCUT2D eigenvalue weighted by molar-refractivity contribution is 0.101. The highest BCUT2D eigenvalue weighted by Crippen LogP contribution is 2.24. The fraction of sp³-hybridized carbons (Fsp3) is 0.0667. The maximum absolute atomic E-state index is 11.4. The van der Waals surface area contributed by atoms with E-state index in [1.54, 1.807) is 6.92 Å². The molecule has 3 aromatic rings. The fourth-order valence-corrected chi connectivity index (χ4v) is 2.74. The van der Waals surface area contributed by atoms with E-state index in [0.717, 1.165) is 21.1 Å². The molecule has 3 rings (SSSR count). The predicted molar refractivity (Wildman–Crippen MR) is 78.8 cm³/mol. The second kappa shape index (κ2) is 4.63. The van der Waals surface area contributed by atoms with Gasteiger partial charge in [0.2, 0.25) is 0 Å². The van der Waals surface area contributed by atoms with Gasteiger partial charge in [0.05, 0.1) is 17.4 Å². The first-order chi connectivity index (χ1) is 9.16. The minimum absolute atomic E-state index is 0.0451. The number of aromatic nitrogens is 2. The molecule has 1 aromatic heterocycles. The monoisotopic (exact) mass is 314 g/mol. The number of ketones is 1. The van der Waals surface area contributed by atoms with Crippen LogP contribution in [0.1, 0.15) is 17.3 Å². The summed E-state index contributed by atoms with van der Waals surface area (Å²) in [7, 11) is 0. The maximum Gasteiger partial charge on any atom is 0.160 e. The maximum atomic E-state index is 11.4. The van der Waals surface area contributed by atoms with Crippen molar-refractivity contribution in [2.45, 2.75) is 6.92 Å². The van der Waals surface area contributed by atoms with Gasteiger partial charge in [-0.15, -0.1) is 0 Å². The zero-order chi connectivity index (χ0) is 13.4. The second-order valence-electron chi connectivity index (χ2n) is 4.34. The molecule has 0 N–H and O–H groups in total. The molecule has 0 fully saturated rings. The molecule has 0 saturated carbocycles. The van der Waals surface area contributed by atoms with Crippen molar-refractivity contribution in [3.8, 4) is 5.69 Å². The lowest BCUT2D eigenvalue weighted by Gasteiger charge is -2.06. The van der Waals surface area contributed by atoms with Crippen molar-refractivity contribution in [3.63, 3.8) is 0 Å². The summed E-state index contributed by atoms with van der Waals surface area (Å²) in [5, 5.41) is 5.48. The van der Waals surface area contributed by atoms with Crippen molar-refractivity contribution in [1.82, 2.24) is 9.78 Å². The molecule has 0 aliphatic rings. The van der Waals surface area contributed by atoms with Crippen LogP contribution in [0.25, 0.3) is 16.6 Å². The zero-order valence-electron chi connectivity index (χ0n) is 10.3. The summed E-state index contributed by atoms with van der Waals surface area (Å²) in [6.07, 6.45) is 1.84. The van der Waals surface area contributed by atoms with Crippen LogP contribution >= 0.6 is 15.9 Å². The highest BCUT2D eigenvalue weighted by Gasteiger charge is 2.09. The van der Waals surface area contributed by atoms with Gasteiger partial charge in [-0.3, -0.25) is 4.79 Å². The van der Waals surface area contributed by atoms with E-state index in [2.05, 4.69) is 21.0 Å². The molecule has 0 saturated heterocycles. The minimum Gasteiger partial charge on any atom is -0.294 e. The van der Waals surface area contributed by atoms with E-state index in [9.17, 15) is 4.79 Å². The van der Waals surface area contributed by atoms with Crippen LogP contribution in [0.15, 0.2) is 53.1 Å². The number of nitrogens with zero attached hydrogens (tertiary/aromatic N) is 2. The Bertz CT molecular complexity index is 777. The molecule has 0 spiro atoms. The van der Waals surface area contributed by atoms with E-state index in [0.29, 0.717) is 5.56 Å². The van der Waals surface area contributed by atoms with Crippen molar-refractivity contribution >= 4 is 32.6 Å². The SMILES string of the molecule is CC(=O)c1ccc(-n2ncc3ccccc32)cc1Br. The van der Waals surface area contributed by atoms with Crippen LogP contribution in [0.5, 0.6) is 0 Å². The summed E-state index contributed by atoms with van der Waals surface area (Å²) >= 11 is 3.44. The first kappa shape index (κ1) is 12.1. The standard InChI is InChI=1S/C15H11BrN2O/c1-10(19)13-7-6-12(8-14(13)16)18-15-5-3-2-4-11(15)9-17-18/h2-9H,1H3. The van der Waals surface area contributed by atoms with Gasteiger partial charge in [-0.05, 0) is 47.1 Å². The number of benzene rings is 2. The van der Waals surface area contributed by atoms with Crippen molar-refractivity contribution in [3.05, 3.63) is 58.7 Å². The normalized spacial score (nSPS) is 10.8. The molecule has 94 valence electrons. The van der Waals surface area contributed by atoms with Gasteiger partial charge >= 0.3 is 0 Å². The second-order valence-corrected chi connectivity index (χ2v) is 5.19. The minimum atomic E-state index is 0.0451. The van der Waals surface area contributed by atoms with E-state index in [1.165, 1.54) is 0 Å². The third-order valence-electron chi connectivity index (χ3n) is 3.05. The number of halogens is 1. The van der Waals surface area contributed by atoms with Crippen molar-refractivity contribution < 1.29 is 4.79 Å². The van der Waals surface area contributed by atoms with Gasteiger partial charge in [-0.1, -0.05) is 18.2 Å².